The number of amides is 3. The molecule has 1 fully saturated rings. The van der Waals surface area contributed by atoms with Crippen molar-refractivity contribution in [3.05, 3.63) is 47.5 Å². The predicted octanol–water partition coefficient (Wildman–Crippen LogP) is 4.22. The van der Waals surface area contributed by atoms with Crippen molar-refractivity contribution in [1.29, 1.82) is 0 Å². The van der Waals surface area contributed by atoms with Crippen LogP contribution in [-0.4, -0.2) is 53.1 Å². The van der Waals surface area contributed by atoms with E-state index < -0.39 is 17.2 Å². The SMILES string of the molecule is CC(C)CC1CNC(=O)C2(C/C=C/Cc3ccccc3C(=O)N1)CCCN2C(=O)OC(C)(C)C. The lowest BCUT2D eigenvalue weighted by Crippen LogP contribution is -2.59. The molecule has 34 heavy (non-hydrogen) atoms. The molecular weight excluding hydrogens is 430 g/mol. The summed E-state index contributed by atoms with van der Waals surface area (Å²) in [7, 11) is 0. The molecular formula is C27H39N3O4. The van der Waals surface area contributed by atoms with Crippen LogP contribution in [0.15, 0.2) is 36.4 Å². The number of rotatable bonds is 2. The van der Waals surface area contributed by atoms with Crippen molar-refractivity contribution in [3.63, 3.8) is 0 Å². The van der Waals surface area contributed by atoms with Gasteiger partial charge in [0.25, 0.3) is 5.91 Å². The summed E-state index contributed by atoms with van der Waals surface area (Å²) in [5.41, 5.74) is -0.0639. The molecule has 2 aliphatic heterocycles. The molecule has 1 aromatic carbocycles. The Morgan fingerprint density at radius 2 is 1.94 bits per heavy atom. The minimum atomic E-state index is -1.00. The fourth-order valence-electron chi connectivity index (χ4n) is 4.82. The topological polar surface area (TPSA) is 87.7 Å². The van der Waals surface area contributed by atoms with Gasteiger partial charge in [0, 0.05) is 24.7 Å². The average Bonchev–Trinajstić information content (AvgIpc) is 3.18. The Balaban J connectivity index is 1.95. The number of nitrogens with zero attached hydrogens (tertiary/aromatic N) is 1. The minimum absolute atomic E-state index is 0.130. The molecule has 2 unspecified atom stereocenters. The maximum absolute atomic E-state index is 13.6. The van der Waals surface area contributed by atoms with E-state index in [1.165, 1.54) is 0 Å². The summed E-state index contributed by atoms with van der Waals surface area (Å²) in [4.78, 5) is 41.4. The Hall–Kier alpha value is -2.83. The van der Waals surface area contributed by atoms with Gasteiger partial charge in [-0.25, -0.2) is 4.79 Å². The zero-order valence-corrected chi connectivity index (χ0v) is 21.1. The van der Waals surface area contributed by atoms with Crippen LogP contribution in [0.2, 0.25) is 0 Å². The Kier molecular flexibility index (Phi) is 8.05. The highest BCUT2D eigenvalue weighted by Crippen LogP contribution is 2.35. The maximum atomic E-state index is 13.6. The molecule has 2 N–H and O–H groups in total. The van der Waals surface area contributed by atoms with E-state index in [9.17, 15) is 14.4 Å². The molecule has 0 bridgehead atoms. The zero-order valence-electron chi connectivity index (χ0n) is 21.1. The van der Waals surface area contributed by atoms with Gasteiger partial charge >= 0.3 is 6.09 Å². The Bertz CT molecular complexity index is 934. The first-order chi connectivity index (χ1) is 16.0. The van der Waals surface area contributed by atoms with Crippen LogP contribution < -0.4 is 10.6 Å². The van der Waals surface area contributed by atoms with Gasteiger partial charge in [0.2, 0.25) is 5.91 Å². The number of nitrogens with one attached hydrogen (secondary N) is 2. The van der Waals surface area contributed by atoms with Crippen LogP contribution in [0.5, 0.6) is 0 Å². The van der Waals surface area contributed by atoms with Crippen LogP contribution in [0, 0.1) is 5.92 Å². The quantitative estimate of drug-likeness (QED) is 0.635. The number of hydrogen-bond acceptors (Lipinski definition) is 4. The van der Waals surface area contributed by atoms with E-state index >= 15 is 0 Å². The van der Waals surface area contributed by atoms with Crippen molar-refractivity contribution in [2.75, 3.05) is 13.1 Å². The number of fused-ring (bicyclic) bond motifs is 1. The third-order valence-electron chi connectivity index (χ3n) is 6.35. The minimum Gasteiger partial charge on any atom is -0.444 e. The number of carbonyl (C=O) groups is 3. The summed E-state index contributed by atoms with van der Waals surface area (Å²) in [6.45, 7) is 10.5. The molecule has 1 aromatic rings. The number of hydrogen-bond donors (Lipinski definition) is 2. The number of ether oxygens (including phenoxy) is 1. The number of likely N-dealkylation sites (tertiary alicyclic amines) is 1. The Morgan fingerprint density at radius 3 is 2.65 bits per heavy atom. The number of allylic oxidation sites excluding steroid dienone is 1. The molecule has 3 rings (SSSR count). The Morgan fingerprint density at radius 1 is 1.21 bits per heavy atom. The first kappa shape index (κ1) is 25.8. The highest BCUT2D eigenvalue weighted by molar-refractivity contribution is 5.96. The lowest BCUT2D eigenvalue weighted by atomic mass is 9.90. The standard InChI is InChI=1S/C27H39N3O4/c1-19(2)17-21-18-28-24(32)27(15-10-16-30(27)25(33)34-26(3,4)5)14-9-8-12-20-11-6-7-13-22(20)23(31)29-21/h6-9,11,13,19,21H,10,12,14-18H2,1-5H3,(H,28,32)(H,29,31)/b9-8+. The van der Waals surface area contributed by atoms with Gasteiger partial charge < -0.3 is 15.4 Å². The van der Waals surface area contributed by atoms with Crippen molar-refractivity contribution >= 4 is 17.9 Å². The predicted molar refractivity (Wildman–Crippen MR) is 133 cm³/mol. The van der Waals surface area contributed by atoms with Crippen LogP contribution in [0.25, 0.3) is 0 Å². The lowest BCUT2D eigenvalue weighted by Gasteiger charge is -2.37. The van der Waals surface area contributed by atoms with Crippen molar-refractivity contribution in [2.24, 2.45) is 5.92 Å². The molecule has 0 radical (unpaired) electrons. The summed E-state index contributed by atoms with van der Waals surface area (Å²) >= 11 is 0. The summed E-state index contributed by atoms with van der Waals surface area (Å²) in [5.74, 6) is 0.0166. The van der Waals surface area contributed by atoms with E-state index in [0.717, 1.165) is 18.4 Å². The van der Waals surface area contributed by atoms with Gasteiger partial charge in [-0.1, -0.05) is 44.2 Å². The molecule has 7 heteroatoms. The molecule has 0 saturated carbocycles. The van der Waals surface area contributed by atoms with E-state index in [2.05, 4.69) is 24.5 Å². The second kappa shape index (κ2) is 10.6. The normalized spacial score (nSPS) is 25.0. The van der Waals surface area contributed by atoms with E-state index in [4.69, 9.17) is 4.74 Å². The Labute approximate surface area is 203 Å². The summed E-state index contributed by atoms with van der Waals surface area (Å²) in [6.07, 6.45) is 6.48. The first-order valence-electron chi connectivity index (χ1n) is 12.3. The monoisotopic (exact) mass is 469 g/mol. The largest absolute Gasteiger partial charge is 0.444 e. The van der Waals surface area contributed by atoms with Gasteiger partial charge in [-0.2, -0.15) is 0 Å². The van der Waals surface area contributed by atoms with Crippen molar-refractivity contribution in [3.8, 4) is 0 Å². The van der Waals surface area contributed by atoms with Gasteiger partial charge in [-0.3, -0.25) is 14.5 Å². The highest BCUT2D eigenvalue weighted by atomic mass is 16.6. The lowest BCUT2D eigenvalue weighted by molar-refractivity contribution is -0.131. The summed E-state index contributed by atoms with van der Waals surface area (Å²) in [6, 6.07) is 7.37. The third kappa shape index (κ3) is 6.19. The number of carbonyl (C=O) groups excluding carboxylic acids is 3. The zero-order chi connectivity index (χ0) is 24.9. The molecule has 3 amide bonds. The average molecular weight is 470 g/mol. The van der Waals surface area contributed by atoms with Crippen LogP contribution >= 0.6 is 0 Å². The molecule has 0 aliphatic carbocycles. The highest BCUT2D eigenvalue weighted by Gasteiger charge is 2.50. The van der Waals surface area contributed by atoms with E-state index in [-0.39, 0.29) is 17.9 Å². The van der Waals surface area contributed by atoms with Crippen LogP contribution in [-0.2, 0) is 16.0 Å². The van der Waals surface area contributed by atoms with Gasteiger partial charge in [0.05, 0.1) is 0 Å². The summed E-state index contributed by atoms with van der Waals surface area (Å²) < 4.78 is 5.65. The second-order valence-electron chi connectivity index (χ2n) is 10.8. The van der Waals surface area contributed by atoms with Gasteiger partial charge in [-0.15, -0.1) is 0 Å². The fraction of sp³-hybridized carbons (Fsp3) is 0.593. The second-order valence-corrected chi connectivity index (χ2v) is 10.8. The van der Waals surface area contributed by atoms with Crippen molar-refractivity contribution in [2.45, 2.75) is 83.9 Å². The van der Waals surface area contributed by atoms with Crippen molar-refractivity contribution in [1.82, 2.24) is 15.5 Å². The molecule has 7 nitrogen and oxygen atoms in total. The van der Waals surface area contributed by atoms with E-state index in [1.807, 2.05) is 57.2 Å². The fourth-order valence-corrected chi connectivity index (χ4v) is 4.82. The molecule has 2 atom stereocenters. The first-order valence-corrected chi connectivity index (χ1v) is 12.3. The maximum Gasteiger partial charge on any atom is 0.411 e. The van der Waals surface area contributed by atoms with Crippen molar-refractivity contribution < 1.29 is 19.1 Å². The molecule has 2 heterocycles. The molecule has 1 saturated heterocycles. The third-order valence-corrected chi connectivity index (χ3v) is 6.35. The smallest absolute Gasteiger partial charge is 0.411 e. The summed E-state index contributed by atoms with van der Waals surface area (Å²) in [5, 5.41) is 6.19. The van der Waals surface area contributed by atoms with Crippen LogP contribution in [0.4, 0.5) is 4.79 Å². The molecule has 0 aromatic heterocycles. The molecule has 1 spiro atoms. The van der Waals surface area contributed by atoms with Gasteiger partial charge in [-0.05, 0) is 70.4 Å². The molecule has 186 valence electrons. The van der Waals surface area contributed by atoms with E-state index in [0.29, 0.717) is 43.8 Å². The van der Waals surface area contributed by atoms with Gasteiger partial charge in [0.15, 0.2) is 0 Å². The van der Waals surface area contributed by atoms with Crippen LogP contribution in [0.1, 0.15) is 76.2 Å². The van der Waals surface area contributed by atoms with Crippen LogP contribution in [0.3, 0.4) is 0 Å². The van der Waals surface area contributed by atoms with Gasteiger partial charge in [0.1, 0.15) is 11.1 Å². The number of benzene rings is 1. The molecule has 2 aliphatic rings. The van der Waals surface area contributed by atoms with E-state index in [1.54, 1.807) is 4.90 Å².